The van der Waals surface area contributed by atoms with Crippen molar-refractivity contribution < 1.29 is 22.7 Å². The summed E-state index contributed by atoms with van der Waals surface area (Å²) < 4.78 is 37.3. The van der Waals surface area contributed by atoms with Gasteiger partial charge in [0.25, 0.3) is 0 Å². The van der Waals surface area contributed by atoms with Crippen molar-refractivity contribution >= 4 is 5.97 Å². The van der Waals surface area contributed by atoms with Crippen molar-refractivity contribution in [3.63, 3.8) is 0 Å². The van der Waals surface area contributed by atoms with Crippen molar-refractivity contribution in [1.29, 1.82) is 0 Å². The van der Waals surface area contributed by atoms with Gasteiger partial charge in [0.1, 0.15) is 6.67 Å². The van der Waals surface area contributed by atoms with E-state index >= 15 is 0 Å². The number of rotatable bonds is 3. The maximum absolute atomic E-state index is 11.7. The number of ether oxygens (including phenoxy) is 1. The summed E-state index contributed by atoms with van der Waals surface area (Å²) >= 11 is 0. The molecule has 0 N–H and O–H groups in total. The minimum atomic E-state index is -2.35. The van der Waals surface area contributed by atoms with E-state index in [-0.39, 0.29) is 0 Å². The molecule has 0 aromatic heterocycles. The van der Waals surface area contributed by atoms with Crippen molar-refractivity contribution in [2.75, 3.05) is 13.5 Å². The molecule has 0 saturated heterocycles. The smallest absolute Gasteiger partial charge is 0.345 e. The molecule has 0 aliphatic heterocycles. The zero-order chi connectivity index (χ0) is 7.28. The number of esters is 1. The molecule has 0 aromatic carbocycles. The number of halogens is 3. The number of hydrogen-bond acceptors (Lipinski definition) is 2. The van der Waals surface area contributed by atoms with E-state index in [1.165, 1.54) is 0 Å². The summed E-state index contributed by atoms with van der Waals surface area (Å²) in [4.78, 5) is 9.90. The van der Waals surface area contributed by atoms with Crippen LogP contribution in [0.1, 0.15) is 0 Å². The minimum absolute atomic E-state index is 1.42. The lowest BCUT2D eigenvalue weighted by atomic mass is 10.4. The van der Waals surface area contributed by atoms with E-state index in [1.807, 2.05) is 0 Å². The Labute approximate surface area is 49.6 Å². The second-order valence-electron chi connectivity index (χ2n) is 1.19. The van der Waals surface area contributed by atoms with Crippen LogP contribution in [-0.4, -0.2) is 25.7 Å². The average Bonchev–Trinajstić information content (AvgIpc) is 1.87. The van der Waals surface area contributed by atoms with Gasteiger partial charge in [-0.1, -0.05) is 0 Å². The first kappa shape index (κ1) is 8.26. The van der Waals surface area contributed by atoms with Gasteiger partial charge in [-0.3, -0.25) is 0 Å². The summed E-state index contributed by atoms with van der Waals surface area (Å²) in [5.41, 5.74) is 0. The van der Waals surface area contributed by atoms with Crippen molar-refractivity contribution in [1.82, 2.24) is 0 Å². The van der Waals surface area contributed by atoms with Crippen molar-refractivity contribution in [2.45, 2.75) is 6.17 Å². The molecule has 0 rings (SSSR count). The Kier molecular flexibility index (Phi) is 3.83. The van der Waals surface area contributed by atoms with Crippen LogP contribution in [0.3, 0.4) is 0 Å². The Morgan fingerprint density at radius 1 is 1.56 bits per heavy atom. The highest BCUT2D eigenvalue weighted by Crippen LogP contribution is 1.94. The third-order valence-corrected chi connectivity index (χ3v) is 0.588. The van der Waals surface area contributed by atoms with Gasteiger partial charge in [0.15, 0.2) is 0 Å². The number of alkyl halides is 3. The first-order chi connectivity index (χ1) is 4.22. The molecular weight excluding hydrogens is 137 g/mol. The lowest BCUT2D eigenvalue weighted by Crippen LogP contribution is -2.20. The molecule has 0 aliphatic rings. The monoisotopic (exact) mass is 142 g/mol. The van der Waals surface area contributed by atoms with Gasteiger partial charge in [-0.15, -0.1) is 0 Å². The molecule has 0 bridgehead atoms. The summed E-state index contributed by atoms with van der Waals surface area (Å²) in [7, 11) is 0. The molecule has 0 fully saturated rings. The number of hydrogen-bond donors (Lipinski definition) is 0. The van der Waals surface area contributed by atoms with Gasteiger partial charge in [-0.05, 0) is 0 Å². The van der Waals surface area contributed by atoms with E-state index < -0.39 is 25.7 Å². The topological polar surface area (TPSA) is 26.3 Å². The molecule has 0 heterocycles. The van der Waals surface area contributed by atoms with Crippen LogP contribution in [0, 0.1) is 0 Å². The molecule has 2 nitrogen and oxygen atoms in total. The van der Waals surface area contributed by atoms with Crippen molar-refractivity contribution in [3.05, 3.63) is 0 Å². The predicted molar refractivity (Wildman–Crippen MR) is 22.9 cm³/mol. The van der Waals surface area contributed by atoms with E-state index in [0.29, 0.717) is 0 Å². The SMILES string of the molecule is O=C(OCF)C(F)CF. The van der Waals surface area contributed by atoms with Crippen LogP contribution in [-0.2, 0) is 9.53 Å². The molecule has 54 valence electrons. The Hall–Kier alpha value is -0.740. The fraction of sp³-hybridized carbons (Fsp3) is 0.750. The summed E-state index contributed by atoms with van der Waals surface area (Å²) in [6.45, 7) is -2.89. The highest BCUT2D eigenvalue weighted by Gasteiger charge is 2.17. The Bertz CT molecular complexity index is 95.8. The Balaban J connectivity index is 3.46. The zero-order valence-electron chi connectivity index (χ0n) is 4.44. The van der Waals surface area contributed by atoms with Gasteiger partial charge >= 0.3 is 5.97 Å². The Morgan fingerprint density at radius 2 is 2.11 bits per heavy atom. The standard InChI is InChI=1S/C4H5F3O2/c5-1-3(7)4(8)9-2-6/h3H,1-2H2. The largest absolute Gasteiger partial charge is 0.431 e. The molecular formula is C4H5F3O2. The first-order valence-corrected chi connectivity index (χ1v) is 2.15. The second kappa shape index (κ2) is 4.17. The van der Waals surface area contributed by atoms with E-state index in [1.54, 1.807) is 0 Å². The first-order valence-electron chi connectivity index (χ1n) is 2.15. The highest BCUT2D eigenvalue weighted by atomic mass is 19.2. The van der Waals surface area contributed by atoms with E-state index in [0.717, 1.165) is 0 Å². The van der Waals surface area contributed by atoms with Crippen LogP contribution in [0.5, 0.6) is 0 Å². The van der Waals surface area contributed by atoms with Gasteiger partial charge in [-0.2, -0.15) is 0 Å². The number of carbonyl (C=O) groups is 1. The summed E-state index contributed by atoms with van der Waals surface area (Å²) in [6.07, 6.45) is -2.35. The van der Waals surface area contributed by atoms with E-state index in [4.69, 9.17) is 0 Å². The van der Waals surface area contributed by atoms with Crippen LogP contribution in [0.15, 0.2) is 0 Å². The molecule has 1 atom stereocenters. The molecule has 0 saturated carbocycles. The molecule has 9 heavy (non-hydrogen) atoms. The van der Waals surface area contributed by atoms with Gasteiger partial charge < -0.3 is 4.74 Å². The maximum atomic E-state index is 11.7. The fourth-order valence-electron chi connectivity index (χ4n) is 0.207. The normalized spacial score (nSPS) is 12.8. The van der Waals surface area contributed by atoms with Gasteiger partial charge in [0, 0.05) is 0 Å². The van der Waals surface area contributed by atoms with Crippen LogP contribution in [0.2, 0.25) is 0 Å². The maximum Gasteiger partial charge on any atom is 0.345 e. The third kappa shape index (κ3) is 2.94. The lowest BCUT2D eigenvalue weighted by molar-refractivity contribution is -0.154. The Morgan fingerprint density at radius 3 is 2.44 bits per heavy atom. The number of carbonyl (C=O) groups excluding carboxylic acids is 1. The quantitative estimate of drug-likeness (QED) is 0.544. The van der Waals surface area contributed by atoms with Crippen LogP contribution in [0.4, 0.5) is 13.2 Å². The summed E-state index contributed by atoms with van der Waals surface area (Å²) in [6, 6.07) is 0. The van der Waals surface area contributed by atoms with Gasteiger partial charge in [-0.25, -0.2) is 18.0 Å². The summed E-state index contributed by atoms with van der Waals surface area (Å²) in [5.74, 6) is -1.50. The second-order valence-corrected chi connectivity index (χ2v) is 1.19. The predicted octanol–water partition coefficient (Wildman–Crippen LogP) is 0.764. The molecule has 1 unspecified atom stereocenters. The average molecular weight is 142 g/mol. The van der Waals surface area contributed by atoms with Crippen molar-refractivity contribution in [3.8, 4) is 0 Å². The molecule has 0 spiro atoms. The summed E-state index contributed by atoms with van der Waals surface area (Å²) in [5, 5.41) is 0. The van der Waals surface area contributed by atoms with Gasteiger partial charge in [0.05, 0.1) is 0 Å². The lowest BCUT2D eigenvalue weighted by Gasteiger charge is -1.99. The minimum Gasteiger partial charge on any atom is -0.431 e. The zero-order valence-corrected chi connectivity index (χ0v) is 4.44. The molecule has 0 radical (unpaired) electrons. The van der Waals surface area contributed by atoms with E-state index in [9.17, 15) is 18.0 Å². The van der Waals surface area contributed by atoms with E-state index in [2.05, 4.69) is 4.74 Å². The molecule has 0 aromatic rings. The molecule has 0 amide bonds. The van der Waals surface area contributed by atoms with Gasteiger partial charge in [0.2, 0.25) is 13.0 Å². The van der Waals surface area contributed by atoms with Crippen LogP contribution < -0.4 is 0 Å². The van der Waals surface area contributed by atoms with Crippen molar-refractivity contribution in [2.24, 2.45) is 0 Å². The fourth-order valence-corrected chi connectivity index (χ4v) is 0.207. The van der Waals surface area contributed by atoms with Crippen LogP contribution in [0.25, 0.3) is 0 Å². The third-order valence-electron chi connectivity index (χ3n) is 0.588. The molecule has 0 aliphatic carbocycles. The molecule has 5 heteroatoms. The highest BCUT2D eigenvalue weighted by molar-refractivity contribution is 5.74. The van der Waals surface area contributed by atoms with Crippen LogP contribution >= 0.6 is 0 Å².